The molecule has 0 aliphatic carbocycles. The van der Waals surface area contributed by atoms with E-state index in [4.69, 9.17) is 4.42 Å². The minimum absolute atomic E-state index is 0.233. The van der Waals surface area contributed by atoms with Gasteiger partial charge in [-0.05, 0) is 31.2 Å². The van der Waals surface area contributed by atoms with E-state index in [0.717, 1.165) is 11.1 Å². The van der Waals surface area contributed by atoms with Crippen LogP contribution < -0.4 is 10.5 Å². The Hall–Kier alpha value is -3.12. The van der Waals surface area contributed by atoms with Crippen molar-refractivity contribution in [1.29, 1.82) is 0 Å². The van der Waals surface area contributed by atoms with Crippen molar-refractivity contribution in [3.05, 3.63) is 70.8 Å². The molecule has 6 heteroatoms. The Labute approximate surface area is 149 Å². The summed E-state index contributed by atoms with van der Waals surface area (Å²) in [6.07, 6.45) is -0.514. The number of anilines is 1. The quantitative estimate of drug-likeness (QED) is 0.579. The molecule has 0 spiro atoms. The molecular formula is C20H19N3O3. The van der Waals surface area contributed by atoms with Crippen LogP contribution >= 0.6 is 0 Å². The fourth-order valence-electron chi connectivity index (χ4n) is 3.12. The van der Waals surface area contributed by atoms with Crippen LogP contribution in [0.5, 0.6) is 0 Å². The van der Waals surface area contributed by atoms with Gasteiger partial charge in [0.05, 0.1) is 12.6 Å². The van der Waals surface area contributed by atoms with E-state index in [9.17, 15) is 9.90 Å². The van der Waals surface area contributed by atoms with Gasteiger partial charge in [0.2, 0.25) is 5.58 Å². The van der Waals surface area contributed by atoms with Crippen LogP contribution in [0.4, 0.5) is 5.69 Å². The standard InChI is InChI=1S/C20H19N3O3/c1-13(24)11-23(14-7-3-2-4-8-14)12-17-21-18-15-9-5-6-10-16(15)26-19(18)20(25)22-17/h2-10,13,24H,11-12H2,1H3,(H,21,22,25)/t13-/m1/s1. The van der Waals surface area contributed by atoms with E-state index in [2.05, 4.69) is 9.97 Å². The highest BCUT2D eigenvalue weighted by Crippen LogP contribution is 2.25. The summed E-state index contributed by atoms with van der Waals surface area (Å²) in [5.41, 5.74) is 2.09. The van der Waals surface area contributed by atoms with E-state index in [-0.39, 0.29) is 11.1 Å². The van der Waals surface area contributed by atoms with Gasteiger partial charge in [0.1, 0.15) is 16.9 Å². The summed E-state index contributed by atoms with van der Waals surface area (Å²) < 4.78 is 5.63. The number of benzene rings is 2. The molecule has 26 heavy (non-hydrogen) atoms. The summed E-state index contributed by atoms with van der Waals surface area (Å²) in [4.78, 5) is 21.9. The summed E-state index contributed by atoms with van der Waals surface area (Å²) >= 11 is 0. The molecule has 0 fully saturated rings. The van der Waals surface area contributed by atoms with E-state index in [1.54, 1.807) is 6.92 Å². The van der Waals surface area contributed by atoms with Crippen LogP contribution in [0, 0.1) is 0 Å². The predicted molar refractivity (Wildman–Crippen MR) is 101 cm³/mol. The lowest BCUT2D eigenvalue weighted by Gasteiger charge is -2.25. The molecule has 6 nitrogen and oxygen atoms in total. The third kappa shape index (κ3) is 3.07. The van der Waals surface area contributed by atoms with Crippen LogP contribution in [0.25, 0.3) is 22.1 Å². The topological polar surface area (TPSA) is 82.4 Å². The smallest absolute Gasteiger partial charge is 0.294 e. The number of para-hydroxylation sites is 2. The monoisotopic (exact) mass is 349 g/mol. The van der Waals surface area contributed by atoms with Crippen LogP contribution in [-0.4, -0.2) is 27.7 Å². The van der Waals surface area contributed by atoms with Gasteiger partial charge in [0.15, 0.2) is 0 Å². The van der Waals surface area contributed by atoms with Crippen LogP contribution in [0.1, 0.15) is 12.7 Å². The lowest BCUT2D eigenvalue weighted by atomic mass is 10.2. The molecule has 2 heterocycles. The number of nitrogens with one attached hydrogen (secondary N) is 1. The van der Waals surface area contributed by atoms with Gasteiger partial charge in [-0.15, -0.1) is 0 Å². The van der Waals surface area contributed by atoms with Gasteiger partial charge in [-0.25, -0.2) is 4.98 Å². The minimum Gasteiger partial charge on any atom is -0.449 e. The number of H-pyrrole nitrogens is 1. The molecule has 0 saturated carbocycles. The van der Waals surface area contributed by atoms with E-state index in [1.165, 1.54) is 0 Å². The first-order valence-corrected chi connectivity index (χ1v) is 8.50. The summed E-state index contributed by atoms with van der Waals surface area (Å²) in [5, 5.41) is 10.7. The van der Waals surface area contributed by atoms with Gasteiger partial charge in [-0.3, -0.25) is 4.79 Å². The number of aliphatic hydroxyl groups is 1. The van der Waals surface area contributed by atoms with Crippen LogP contribution in [0.15, 0.2) is 63.8 Å². The second-order valence-electron chi connectivity index (χ2n) is 6.35. The normalized spacial score (nSPS) is 12.5. The fourth-order valence-corrected chi connectivity index (χ4v) is 3.12. The third-order valence-corrected chi connectivity index (χ3v) is 4.23. The molecule has 0 saturated heterocycles. The molecular weight excluding hydrogens is 330 g/mol. The molecule has 2 aromatic carbocycles. The van der Waals surface area contributed by atoms with E-state index in [1.807, 2.05) is 59.5 Å². The Morgan fingerprint density at radius 2 is 1.88 bits per heavy atom. The SMILES string of the molecule is C[C@@H](O)CN(Cc1nc2c(oc3ccccc32)c(=O)[nH]1)c1ccccc1. The Balaban J connectivity index is 1.77. The van der Waals surface area contributed by atoms with E-state index in [0.29, 0.717) is 30.0 Å². The van der Waals surface area contributed by atoms with Crippen molar-refractivity contribution < 1.29 is 9.52 Å². The maximum absolute atomic E-state index is 12.5. The molecule has 0 aliphatic rings. The molecule has 2 aromatic heterocycles. The van der Waals surface area contributed by atoms with Crippen molar-refractivity contribution in [1.82, 2.24) is 9.97 Å². The predicted octanol–water partition coefficient (Wildman–Crippen LogP) is 3.06. The molecule has 0 radical (unpaired) electrons. The summed E-state index contributed by atoms with van der Waals surface area (Å²) in [5.74, 6) is 0.526. The Morgan fingerprint density at radius 1 is 1.15 bits per heavy atom. The maximum Gasteiger partial charge on any atom is 0.294 e. The summed E-state index contributed by atoms with van der Waals surface area (Å²) in [7, 11) is 0. The van der Waals surface area contributed by atoms with Gasteiger partial charge in [0, 0.05) is 17.6 Å². The fraction of sp³-hybridized carbons (Fsp3) is 0.200. The molecule has 4 aromatic rings. The van der Waals surface area contributed by atoms with Crippen molar-refractivity contribution in [2.75, 3.05) is 11.4 Å². The zero-order chi connectivity index (χ0) is 18.1. The first-order valence-electron chi connectivity index (χ1n) is 8.50. The lowest BCUT2D eigenvalue weighted by Crippen LogP contribution is -2.32. The number of rotatable bonds is 5. The highest BCUT2D eigenvalue weighted by atomic mass is 16.3. The van der Waals surface area contributed by atoms with Gasteiger partial charge < -0.3 is 19.4 Å². The number of hydrogen-bond donors (Lipinski definition) is 2. The van der Waals surface area contributed by atoms with Crippen molar-refractivity contribution in [3.63, 3.8) is 0 Å². The first-order chi connectivity index (χ1) is 12.6. The number of nitrogens with zero attached hydrogens (tertiary/aromatic N) is 2. The molecule has 2 N–H and O–H groups in total. The number of aromatic nitrogens is 2. The van der Waals surface area contributed by atoms with Crippen molar-refractivity contribution in [3.8, 4) is 0 Å². The van der Waals surface area contributed by atoms with Crippen molar-refractivity contribution in [2.45, 2.75) is 19.6 Å². The largest absolute Gasteiger partial charge is 0.449 e. The van der Waals surface area contributed by atoms with E-state index < -0.39 is 6.10 Å². The Bertz CT molecular complexity index is 1100. The highest BCUT2D eigenvalue weighted by molar-refractivity contribution is 6.01. The van der Waals surface area contributed by atoms with Crippen molar-refractivity contribution in [2.24, 2.45) is 0 Å². The Morgan fingerprint density at radius 3 is 2.65 bits per heavy atom. The number of aromatic amines is 1. The second kappa shape index (κ2) is 6.65. The van der Waals surface area contributed by atoms with Gasteiger partial charge in [-0.2, -0.15) is 0 Å². The van der Waals surface area contributed by atoms with Crippen LogP contribution in [-0.2, 0) is 6.54 Å². The lowest BCUT2D eigenvalue weighted by molar-refractivity contribution is 0.199. The average Bonchev–Trinajstić information content (AvgIpc) is 3.01. The van der Waals surface area contributed by atoms with E-state index >= 15 is 0 Å². The average molecular weight is 349 g/mol. The summed E-state index contributed by atoms with van der Waals surface area (Å²) in [6.45, 7) is 2.54. The van der Waals surface area contributed by atoms with Crippen LogP contribution in [0.2, 0.25) is 0 Å². The van der Waals surface area contributed by atoms with Crippen molar-refractivity contribution >= 4 is 27.8 Å². The molecule has 132 valence electrons. The molecule has 0 unspecified atom stereocenters. The molecule has 0 amide bonds. The number of furan rings is 1. The maximum atomic E-state index is 12.5. The van der Waals surface area contributed by atoms with Gasteiger partial charge in [-0.1, -0.05) is 30.3 Å². The molecule has 1 atom stereocenters. The molecule has 4 rings (SSSR count). The molecule has 0 bridgehead atoms. The number of fused-ring (bicyclic) bond motifs is 3. The zero-order valence-corrected chi connectivity index (χ0v) is 14.3. The zero-order valence-electron chi connectivity index (χ0n) is 14.3. The summed E-state index contributed by atoms with van der Waals surface area (Å²) in [6, 6.07) is 17.2. The van der Waals surface area contributed by atoms with Gasteiger partial charge in [0.25, 0.3) is 5.56 Å². The number of hydrogen-bond acceptors (Lipinski definition) is 5. The first kappa shape index (κ1) is 16.4. The second-order valence-corrected chi connectivity index (χ2v) is 6.35. The van der Waals surface area contributed by atoms with Crippen LogP contribution in [0.3, 0.4) is 0 Å². The number of aliphatic hydroxyl groups excluding tert-OH is 1. The minimum atomic E-state index is -0.514. The molecule has 0 aliphatic heterocycles. The van der Waals surface area contributed by atoms with Gasteiger partial charge >= 0.3 is 0 Å². The highest BCUT2D eigenvalue weighted by Gasteiger charge is 2.16. The third-order valence-electron chi connectivity index (χ3n) is 4.23. The Kier molecular flexibility index (Phi) is 4.18.